The van der Waals surface area contributed by atoms with E-state index in [2.05, 4.69) is 0 Å². The molecule has 2 amide bonds. The maximum absolute atomic E-state index is 12.6. The Balaban J connectivity index is 1.39. The van der Waals surface area contributed by atoms with Crippen molar-refractivity contribution < 1.29 is 14.3 Å². The van der Waals surface area contributed by atoms with E-state index in [1.54, 1.807) is 16.0 Å². The minimum atomic E-state index is -0.452. The number of nitrogens with zero attached hydrogens (tertiary/aromatic N) is 2. The van der Waals surface area contributed by atoms with Gasteiger partial charge >= 0.3 is 6.09 Å². The largest absolute Gasteiger partial charge is 0.444 e. The molecular formula is C20H32N2O3. The first kappa shape index (κ1) is 18.3. The molecule has 3 fully saturated rings. The number of likely N-dealkylation sites (tertiary alicyclic amines) is 2. The van der Waals surface area contributed by atoms with E-state index in [0.717, 1.165) is 38.8 Å². The molecule has 25 heavy (non-hydrogen) atoms. The quantitative estimate of drug-likeness (QED) is 0.714. The van der Waals surface area contributed by atoms with Gasteiger partial charge in [-0.3, -0.25) is 4.79 Å². The zero-order valence-electron chi connectivity index (χ0n) is 16.0. The summed E-state index contributed by atoms with van der Waals surface area (Å²) in [7, 11) is 0. The Bertz CT molecular complexity index is 538. The molecule has 5 heteroatoms. The van der Waals surface area contributed by atoms with E-state index < -0.39 is 5.60 Å². The minimum Gasteiger partial charge on any atom is -0.444 e. The van der Waals surface area contributed by atoms with E-state index in [0.29, 0.717) is 31.3 Å². The number of carbonyl (C=O) groups is 2. The van der Waals surface area contributed by atoms with E-state index >= 15 is 0 Å². The number of carbonyl (C=O) groups excluding carboxylic acids is 2. The summed E-state index contributed by atoms with van der Waals surface area (Å²) in [6.45, 7) is 8.85. The average molecular weight is 348 g/mol. The molecule has 3 aliphatic rings. The fourth-order valence-corrected chi connectivity index (χ4v) is 3.82. The topological polar surface area (TPSA) is 49.9 Å². The van der Waals surface area contributed by atoms with E-state index in [4.69, 9.17) is 4.74 Å². The highest BCUT2D eigenvalue weighted by atomic mass is 16.6. The van der Waals surface area contributed by atoms with Crippen molar-refractivity contribution in [3.8, 4) is 0 Å². The van der Waals surface area contributed by atoms with Crippen molar-refractivity contribution in [1.82, 2.24) is 9.80 Å². The van der Waals surface area contributed by atoms with Crippen molar-refractivity contribution in [1.29, 1.82) is 0 Å². The van der Waals surface area contributed by atoms with Crippen LogP contribution in [0.5, 0.6) is 0 Å². The molecule has 0 unspecified atom stereocenters. The molecule has 2 saturated heterocycles. The lowest BCUT2D eigenvalue weighted by atomic mass is 9.92. The molecule has 0 N–H and O–H groups in total. The third kappa shape index (κ3) is 5.23. The molecule has 0 aromatic rings. The number of hydrogen-bond acceptors (Lipinski definition) is 3. The number of amides is 2. The molecule has 3 rings (SSSR count). The standard InChI is InChI=1S/C20H32N2O3/c1-20(2,3)25-19(24)22-10-6-15(7-11-22)14-18(23)21-12-8-17(9-13-21)16-4-5-16/h15H,4-14H2,1-3H3. The summed E-state index contributed by atoms with van der Waals surface area (Å²) in [4.78, 5) is 28.5. The van der Waals surface area contributed by atoms with Crippen LogP contribution in [-0.2, 0) is 9.53 Å². The van der Waals surface area contributed by atoms with Crippen molar-refractivity contribution in [2.75, 3.05) is 26.2 Å². The third-order valence-electron chi connectivity index (χ3n) is 5.45. The van der Waals surface area contributed by atoms with Gasteiger partial charge in [0, 0.05) is 32.6 Å². The number of ether oxygens (including phenoxy) is 1. The van der Waals surface area contributed by atoms with Gasteiger partial charge in [0.05, 0.1) is 0 Å². The number of allylic oxidation sites excluding steroid dienone is 1. The lowest BCUT2D eigenvalue weighted by Gasteiger charge is -2.34. The van der Waals surface area contributed by atoms with E-state index in [-0.39, 0.29) is 6.09 Å². The van der Waals surface area contributed by atoms with Gasteiger partial charge in [-0.15, -0.1) is 0 Å². The Morgan fingerprint density at radius 3 is 2.00 bits per heavy atom. The molecule has 0 bridgehead atoms. The molecule has 140 valence electrons. The van der Waals surface area contributed by atoms with Crippen LogP contribution >= 0.6 is 0 Å². The van der Waals surface area contributed by atoms with Gasteiger partial charge in [0.2, 0.25) is 5.91 Å². The smallest absolute Gasteiger partial charge is 0.410 e. The molecule has 2 aliphatic heterocycles. The predicted octanol–water partition coefficient (Wildman–Crippen LogP) is 3.74. The molecule has 1 saturated carbocycles. The second-order valence-electron chi connectivity index (χ2n) is 8.70. The summed E-state index contributed by atoms with van der Waals surface area (Å²) in [5.74, 6) is 0.699. The summed E-state index contributed by atoms with van der Waals surface area (Å²) in [5, 5.41) is 0. The molecule has 0 spiro atoms. The first-order valence-electron chi connectivity index (χ1n) is 9.77. The van der Waals surface area contributed by atoms with Gasteiger partial charge < -0.3 is 14.5 Å². The van der Waals surface area contributed by atoms with Crippen molar-refractivity contribution >= 4 is 12.0 Å². The van der Waals surface area contributed by atoms with E-state index in [1.807, 2.05) is 25.7 Å². The van der Waals surface area contributed by atoms with Crippen molar-refractivity contribution in [2.45, 2.75) is 71.3 Å². The van der Waals surface area contributed by atoms with Gasteiger partial charge in [-0.25, -0.2) is 4.79 Å². The zero-order valence-corrected chi connectivity index (χ0v) is 16.0. The fourth-order valence-electron chi connectivity index (χ4n) is 3.82. The normalized spacial score (nSPS) is 22.2. The molecule has 1 aliphatic carbocycles. The molecule has 2 heterocycles. The van der Waals surface area contributed by atoms with Crippen LogP contribution in [0.25, 0.3) is 0 Å². The highest BCUT2D eigenvalue weighted by molar-refractivity contribution is 5.76. The monoisotopic (exact) mass is 348 g/mol. The van der Waals surface area contributed by atoms with E-state index in [1.165, 1.54) is 12.8 Å². The van der Waals surface area contributed by atoms with Crippen LogP contribution in [0.15, 0.2) is 11.1 Å². The van der Waals surface area contributed by atoms with Crippen LogP contribution in [0.2, 0.25) is 0 Å². The van der Waals surface area contributed by atoms with Crippen molar-refractivity contribution in [3.63, 3.8) is 0 Å². The third-order valence-corrected chi connectivity index (χ3v) is 5.45. The molecule has 0 aromatic heterocycles. The van der Waals surface area contributed by atoms with Crippen LogP contribution in [0.1, 0.15) is 65.7 Å². The Morgan fingerprint density at radius 2 is 1.48 bits per heavy atom. The SMILES string of the molecule is CC(C)(C)OC(=O)N1CCC(CC(=O)N2CCC(=C3CC3)CC2)CC1. The van der Waals surface area contributed by atoms with Crippen LogP contribution < -0.4 is 0 Å². The number of rotatable bonds is 2. The predicted molar refractivity (Wildman–Crippen MR) is 97.2 cm³/mol. The first-order chi connectivity index (χ1) is 11.8. The van der Waals surface area contributed by atoms with Crippen LogP contribution in [0, 0.1) is 5.92 Å². The fraction of sp³-hybridized carbons (Fsp3) is 0.800. The number of piperidine rings is 2. The van der Waals surface area contributed by atoms with Crippen LogP contribution in [0.3, 0.4) is 0 Å². The van der Waals surface area contributed by atoms with Gasteiger partial charge in [-0.1, -0.05) is 11.1 Å². The lowest BCUT2D eigenvalue weighted by molar-refractivity contribution is -0.133. The van der Waals surface area contributed by atoms with Crippen LogP contribution in [-0.4, -0.2) is 53.6 Å². The Morgan fingerprint density at radius 1 is 0.920 bits per heavy atom. The van der Waals surface area contributed by atoms with Crippen molar-refractivity contribution in [2.24, 2.45) is 5.92 Å². The second-order valence-corrected chi connectivity index (χ2v) is 8.70. The molecule has 0 atom stereocenters. The first-order valence-corrected chi connectivity index (χ1v) is 9.77. The Hall–Kier alpha value is -1.52. The average Bonchev–Trinajstić information content (AvgIpc) is 3.39. The summed E-state index contributed by atoms with van der Waals surface area (Å²) in [6, 6.07) is 0. The maximum Gasteiger partial charge on any atom is 0.410 e. The zero-order chi connectivity index (χ0) is 18.0. The molecule has 5 nitrogen and oxygen atoms in total. The highest BCUT2D eigenvalue weighted by Crippen LogP contribution is 2.36. The second kappa shape index (κ2) is 7.38. The van der Waals surface area contributed by atoms with Gasteiger partial charge in [0.1, 0.15) is 5.60 Å². The van der Waals surface area contributed by atoms with E-state index in [9.17, 15) is 9.59 Å². The molecule has 0 radical (unpaired) electrons. The summed E-state index contributed by atoms with van der Waals surface area (Å²) in [6.07, 6.45) is 6.94. The summed E-state index contributed by atoms with van der Waals surface area (Å²) < 4.78 is 5.43. The van der Waals surface area contributed by atoms with Gasteiger partial charge in [-0.05, 0) is 65.2 Å². The number of hydrogen-bond donors (Lipinski definition) is 0. The van der Waals surface area contributed by atoms with Crippen molar-refractivity contribution in [3.05, 3.63) is 11.1 Å². The van der Waals surface area contributed by atoms with Crippen LogP contribution in [0.4, 0.5) is 4.79 Å². The summed E-state index contributed by atoms with van der Waals surface area (Å²) in [5.41, 5.74) is 2.82. The molecular weight excluding hydrogens is 316 g/mol. The lowest BCUT2D eigenvalue weighted by Crippen LogP contribution is -2.43. The Labute approximate surface area is 151 Å². The van der Waals surface area contributed by atoms with Gasteiger partial charge in [0.25, 0.3) is 0 Å². The highest BCUT2D eigenvalue weighted by Gasteiger charge is 2.30. The summed E-state index contributed by atoms with van der Waals surface area (Å²) >= 11 is 0. The molecule has 0 aromatic carbocycles. The van der Waals surface area contributed by atoms with Gasteiger partial charge in [0.15, 0.2) is 0 Å². The van der Waals surface area contributed by atoms with Gasteiger partial charge in [-0.2, -0.15) is 0 Å². The maximum atomic E-state index is 12.6. The Kier molecular flexibility index (Phi) is 5.40. The minimum absolute atomic E-state index is 0.228.